The van der Waals surface area contributed by atoms with Crippen LogP contribution in [0.3, 0.4) is 0 Å². The zero-order chi connectivity index (χ0) is 16.1. The second-order valence-electron chi connectivity index (χ2n) is 6.11. The van der Waals surface area contributed by atoms with E-state index >= 15 is 0 Å². The maximum atomic E-state index is 12.6. The van der Waals surface area contributed by atoms with Crippen LogP contribution in [0.4, 0.5) is 0 Å². The van der Waals surface area contributed by atoms with Gasteiger partial charge in [0.15, 0.2) is 0 Å². The summed E-state index contributed by atoms with van der Waals surface area (Å²) in [7, 11) is 0. The molecule has 1 aromatic heterocycles. The Hall–Kier alpha value is -1.40. The van der Waals surface area contributed by atoms with Crippen molar-refractivity contribution in [3.05, 3.63) is 22.4 Å². The summed E-state index contributed by atoms with van der Waals surface area (Å²) < 4.78 is 11.1. The summed E-state index contributed by atoms with van der Waals surface area (Å²) in [5.74, 6) is -0.348. The van der Waals surface area contributed by atoms with Crippen LogP contribution in [0.1, 0.15) is 48.2 Å². The van der Waals surface area contributed by atoms with Gasteiger partial charge in [0.05, 0.1) is 11.0 Å². The number of hydrogen-bond donors (Lipinski definition) is 0. The van der Waals surface area contributed by atoms with Gasteiger partial charge in [0.25, 0.3) is 5.91 Å². The van der Waals surface area contributed by atoms with Crippen LogP contribution >= 0.6 is 11.3 Å². The highest BCUT2D eigenvalue weighted by atomic mass is 32.1. The molecule has 2 aliphatic heterocycles. The molecule has 2 saturated heterocycles. The molecule has 3 rings (SSSR count). The van der Waals surface area contributed by atoms with Gasteiger partial charge < -0.3 is 14.4 Å². The van der Waals surface area contributed by atoms with Crippen molar-refractivity contribution in [2.75, 3.05) is 19.8 Å². The van der Waals surface area contributed by atoms with Crippen molar-refractivity contribution < 1.29 is 19.1 Å². The number of carbonyl (C=O) groups is 2. The maximum absolute atomic E-state index is 12.6. The Labute approximate surface area is 140 Å². The lowest BCUT2D eigenvalue weighted by atomic mass is 10.0. The van der Waals surface area contributed by atoms with Gasteiger partial charge in [-0.1, -0.05) is 6.07 Å². The third kappa shape index (κ3) is 4.12. The zero-order valence-corrected chi connectivity index (χ0v) is 14.1. The summed E-state index contributed by atoms with van der Waals surface area (Å²) in [5.41, 5.74) is 0. The topological polar surface area (TPSA) is 55.8 Å². The number of likely N-dealkylation sites (tertiary alicyclic amines) is 1. The molecule has 2 aliphatic rings. The molecule has 2 atom stereocenters. The number of thiophene rings is 1. The molecule has 0 radical (unpaired) electrons. The van der Waals surface area contributed by atoms with Crippen molar-refractivity contribution in [2.45, 2.75) is 50.7 Å². The van der Waals surface area contributed by atoms with E-state index in [0.29, 0.717) is 24.4 Å². The maximum Gasteiger partial charge on any atom is 0.328 e. The van der Waals surface area contributed by atoms with E-state index in [-0.39, 0.29) is 18.0 Å². The standard InChI is InChI=1S/C17H23NO4S/c19-16(15-8-5-11-23-15)18-9-3-1-7-14(18)17(20)22-12-13-6-2-4-10-21-13/h5,8,11,13-14H,1-4,6-7,9-10,12H2. The fourth-order valence-electron chi connectivity index (χ4n) is 3.17. The summed E-state index contributed by atoms with van der Waals surface area (Å²) >= 11 is 1.41. The van der Waals surface area contributed by atoms with E-state index in [0.717, 1.165) is 38.7 Å². The molecular weight excluding hydrogens is 314 g/mol. The lowest BCUT2D eigenvalue weighted by molar-refractivity contribution is -0.155. The van der Waals surface area contributed by atoms with Crippen LogP contribution in [0.15, 0.2) is 17.5 Å². The SMILES string of the molecule is O=C(OCC1CCCCO1)C1CCCCN1C(=O)c1cccs1. The summed E-state index contributed by atoms with van der Waals surface area (Å²) in [4.78, 5) is 27.4. The van der Waals surface area contributed by atoms with Gasteiger partial charge >= 0.3 is 5.97 Å². The van der Waals surface area contributed by atoms with Crippen molar-refractivity contribution in [3.63, 3.8) is 0 Å². The quantitative estimate of drug-likeness (QED) is 0.793. The van der Waals surface area contributed by atoms with Gasteiger partial charge in [-0.3, -0.25) is 4.79 Å². The molecule has 3 heterocycles. The van der Waals surface area contributed by atoms with E-state index in [9.17, 15) is 9.59 Å². The third-order valence-electron chi connectivity index (χ3n) is 4.45. The highest BCUT2D eigenvalue weighted by Crippen LogP contribution is 2.23. The molecule has 23 heavy (non-hydrogen) atoms. The zero-order valence-electron chi connectivity index (χ0n) is 13.2. The van der Waals surface area contributed by atoms with E-state index in [4.69, 9.17) is 9.47 Å². The number of amides is 1. The molecular formula is C17H23NO4S. The van der Waals surface area contributed by atoms with Crippen molar-refractivity contribution in [2.24, 2.45) is 0 Å². The van der Waals surface area contributed by atoms with Gasteiger partial charge in [0.1, 0.15) is 12.6 Å². The molecule has 6 heteroatoms. The van der Waals surface area contributed by atoms with Crippen LogP contribution in [-0.4, -0.2) is 48.7 Å². The van der Waals surface area contributed by atoms with E-state index in [2.05, 4.69) is 0 Å². The molecule has 0 bridgehead atoms. The van der Waals surface area contributed by atoms with Gasteiger partial charge in [-0.05, 0) is 50.0 Å². The highest BCUT2D eigenvalue weighted by molar-refractivity contribution is 7.12. The molecule has 0 N–H and O–H groups in total. The second kappa shape index (κ2) is 7.93. The van der Waals surface area contributed by atoms with Gasteiger partial charge in [-0.25, -0.2) is 4.79 Å². The fraction of sp³-hybridized carbons (Fsp3) is 0.647. The monoisotopic (exact) mass is 337 g/mol. The van der Waals surface area contributed by atoms with Gasteiger partial charge in [-0.15, -0.1) is 11.3 Å². The van der Waals surface area contributed by atoms with E-state index in [1.54, 1.807) is 11.0 Å². The molecule has 0 aromatic carbocycles. The minimum Gasteiger partial charge on any atom is -0.461 e. The average molecular weight is 337 g/mol. The minimum absolute atomic E-state index is 0.0118. The highest BCUT2D eigenvalue weighted by Gasteiger charge is 2.34. The number of rotatable bonds is 4. The van der Waals surface area contributed by atoms with Crippen molar-refractivity contribution in [1.82, 2.24) is 4.90 Å². The van der Waals surface area contributed by atoms with Crippen molar-refractivity contribution in [1.29, 1.82) is 0 Å². The second-order valence-corrected chi connectivity index (χ2v) is 7.05. The van der Waals surface area contributed by atoms with Crippen LogP contribution in [0.25, 0.3) is 0 Å². The smallest absolute Gasteiger partial charge is 0.328 e. The van der Waals surface area contributed by atoms with Crippen LogP contribution in [-0.2, 0) is 14.3 Å². The lowest BCUT2D eigenvalue weighted by Crippen LogP contribution is -2.49. The number of piperidine rings is 1. The molecule has 1 amide bonds. The first-order valence-corrected chi connectivity index (χ1v) is 9.26. The Morgan fingerprint density at radius 3 is 2.87 bits per heavy atom. The first-order valence-electron chi connectivity index (χ1n) is 8.38. The first-order chi connectivity index (χ1) is 11.3. The Bertz CT molecular complexity index is 525. The van der Waals surface area contributed by atoms with Crippen LogP contribution < -0.4 is 0 Å². The molecule has 1 aromatic rings. The Morgan fingerprint density at radius 2 is 2.13 bits per heavy atom. The molecule has 2 fully saturated rings. The number of carbonyl (C=O) groups excluding carboxylic acids is 2. The van der Waals surface area contributed by atoms with Crippen LogP contribution in [0.5, 0.6) is 0 Å². The Kier molecular flexibility index (Phi) is 5.67. The average Bonchev–Trinajstić information content (AvgIpc) is 3.14. The number of hydrogen-bond acceptors (Lipinski definition) is 5. The van der Waals surface area contributed by atoms with Crippen molar-refractivity contribution in [3.8, 4) is 0 Å². The summed E-state index contributed by atoms with van der Waals surface area (Å²) in [6.07, 6.45) is 5.72. The molecule has 126 valence electrons. The number of esters is 1. The van der Waals surface area contributed by atoms with Gasteiger partial charge in [0.2, 0.25) is 0 Å². The van der Waals surface area contributed by atoms with Crippen molar-refractivity contribution >= 4 is 23.2 Å². The van der Waals surface area contributed by atoms with E-state index in [1.807, 2.05) is 11.4 Å². The molecule has 5 nitrogen and oxygen atoms in total. The summed E-state index contributed by atoms with van der Waals surface area (Å²) in [6, 6.07) is 3.21. The van der Waals surface area contributed by atoms with Crippen LogP contribution in [0.2, 0.25) is 0 Å². The normalized spacial score (nSPS) is 25.1. The molecule has 0 aliphatic carbocycles. The van der Waals surface area contributed by atoms with E-state index < -0.39 is 6.04 Å². The largest absolute Gasteiger partial charge is 0.461 e. The number of ether oxygens (including phenoxy) is 2. The predicted molar refractivity (Wildman–Crippen MR) is 87.5 cm³/mol. The molecule has 0 saturated carbocycles. The third-order valence-corrected chi connectivity index (χ3v) is 5.31. The summed E-state index contributed by atoms with van der Waals surface area (Å²) in [6.45, 7) is 1.67. The minimum atomic E-state index is -0.457. The van der Waals surface area contributed by atoms with Crippen LogP contribution in [0, 0.1) is 0 Å². The van der Waals surface area contributed by atoms with E-state index in [1.165, 1.54) is 11.3 Å². The fourth-order valence-corrected chi connectivity index (χ4v) is 3.85. The number of nitrogens with zero attached hydrogens (tertiary/aromatic N) is 1. The summed E-state index contributed by atoms with van der Waals surface area (Å²) in [5, 5.41) is 1.88. The molecule has 2 unspecified atom stereocenters. The lowest BCUT2D eigenvalue weighted by Gasteiger charge is -2.34. The predicted octanol–water partition coefficient (Wildman–Crippen LogP) is 2.86. The molecule has 0 spiro atoms. The van der Waals surface area contributed by atoms with Gasteiger partial charge in [-0.2, -0.15) is 0 Å². The Morgan fingerprint density at radius 1 is 1.26 bits per heavy atom. The first kappa shape index (κ1) is 16.5. The van der Waals surface area contributed by atoms with Gasteiger partial charge in [0, 0.05) is 13.2 Å². The Balaban J connectivity index is 1.58.